The molecule has 1 saturated heterocycles. The Labute approximate surface area is 129 Å². The number of fused-ring (bicyclic) bond motifs is 1. The van der Waals surface area contributed by atoms with Crippen LogP contribution in [0.25, 0.3) is 0 Å². The molecule has 7 nitrogen and oxygen atoms in total. The number of hydrogen-bond donors (Lipinski definition) is 1. The van der Waals surface area contributed by atoms with Crippen LogP contribution in [0.2, 0.25) is 0 Å². The first kappa shape index (κ1) is 14.6. The topological polar surface area (TPSA) is 95.0 Å². The van der Waals surface area contributed by atoms with Crippen molar-refractivity contribution < 1.29 is 24.3 Å². The molecule has 0 bridgehead atoms. The zero-order valence-electron chi connectivity index (χ0n) is 11.4. The largest absolute Gasteiger partial charge is 0.480 e. The Kier molecular flexibility index (Phi) is 3.61. The van der Waals surface area contributed by atoms with Crippen molar-refractivity contribution in [1.82, 2.24) is 9.80 Å². The number of aliphatic carboxylic acids is 1. The van der Waals surface area contributed by atoms with Crippen LogP contribution in [0.4, 0.5) is 0 Å². The molecule has 1 fully saturated rings. The summed E-state index contributed by atoms with van der Waals surface area (Å²) >= 11 is 1.33. The van der Waals surface area contributed by atoms with E-state index in [0.29, 0.717) is 5.75 Å². The monoisotopic (exact) mass is 320 g/mol. The standard InChI is InChI=1S/C14H12N2O5S/c17-11(16-7-22-6-10(16)14(20)21)5-15-12(18)8-3-1-2-4-9(8)13(15)19/h1-4,10H,5-7H2,(H,20,21)/t10-/m0/s1. The van der Waals surface area contributed by atoms with Gasteiger partial charge in [-0.15, -0.1) is 11.8 Å². The third-order valence-electron chi connectivity index (χ3n) is 3.66. The first-order valence-electron chi connectivity index (χ1n) is 6.56. The second-order valence-corrected chi connectivity index (χ2v) is 5.96. The SMILES string of the molecule is O=C(O)[C@@H]1CSCN1C(=O)CN1C(=O)c2ccccc2C1=O. The number of rotatable bonds is 3. The minimum Gasteiger partial charge on any atom is -0.480 e. The number of imide groups is 1. The maximum absolute atomic E-state index is 12.3. The molecule has 0 aliphatic carbocycles. The van der Waals surface area contributed by atoms with Gasteiger partial charge in [-0.25, -0.2) is 4.79 Å². The van der Waals surface area contributed by atoms with E-state index in [1.807, 2.05) is 0 Å². The van der Waals surface area contributed by atoms with Gasteiger partial charge in [0.15, 0.2) is 0 Å². The fourth-order valence-electron chi connectivity index (χ4n) is 2.50. The second kappa shape index (κ2) is 5.45. The molecular formula is C14H12N2O5S. The Balaban J connectivity index is 1.77. The van der Waals surface area contributed by atoms with Crippen LogP contribution in [0.5, 0.6) is 0 Å². The van der Waals surface area contributed by atoms with Gasteiger partial charge >= 0.3 is 5.97 Å². The summed E-state index contributed by atoms with van der Waals surface area (Å²) in [7, 11) is 0. The van der Waals surface area contributed by atoms with Crippen molar-refractivity contribution in [3.05, 3.63) is 35.4 Å². The van der Waals surface area contributed by atoms with E-state index in [0.717, 1.165) is 4.90 Å². The van der Waals surface area contributed by atoms with Crippen molar-refractivity contribution in [2.24, 2.45) is 0 Å². The van der Waals surface area contributed by atoms with E-state index in [9.17, 15) is 19.2 Å². The van der Waals surface area contributed by atoms with Crippen LogP contribution in [0.3, 0.4) is 0 Å². The number of amides is 3. The summed E-state index contributed by atoms with van der Waals surface area (Å²) in [5.74, 6) is -2.10. The zero-order chi connectivity index (χ0) is 15.9. The Morgan fingerprint density at radius 3 is 2.32 bits per heavy atom. The molecule has 1 atom stereocenters. The van der Waals surface area contributed by atoms with Crippen molar-refractivity contribution in [2.75, 3.05) is 18.2 Å². The average molecular weight is 320 g/mol. The zero-order valence-corrected chi connectivity index (χ0v) is 12.2. The summed E-state index contributed by atoms with van der Waals surface area (Å²) in [6.07, 6.45) is 0. The molecule has 0 aromatic heterocycles. The highest BCUT2D eigenvalue weighted by Crippen LogP contribution is 2.25. The summed E-state index contributed by atoms with van der Waals surface area (Å²) in [5.41, 5.74) is 0.539. The van der Waals surface area contributed by atoms with Gasteiger partial charge in [-0.3, -0.25) is 19.3 Å². The molecule has 0 radical (unpaired) electrons. The predicted molar refractivity (Wildman–Crippen MR) is 77.4 cm³/mol. The van der Waals surface area contributed by atoms with E-state index in [-0.39, 0.29) is 17.0 Å². The molecule has 2 heterocycles. The quantitative estimate of drug-likeness (QED) is 0.803. The van der Waals surface area contributed by atoms with Gasteiger partial charge in [0.05, 0.1) is 17.0 Å². The van der Waals surface area contributed by atoms with Crippen molar-refractivity contribution in [3.8, 4) is 0 Å². The Morgan fingerprint density at radius 2 is 1.77 bits per heavy atom. The number of carbonyl (C=O) groups excluding carboxylic acids is 3. The molecule has 1 N–H and O–H groups in total. The van der Waals surface area contributed by atoms with Crippen molar-refractivity contribution in [2.45, 2.75) is 6.04 Å². The molecular weight excluding hydrogens is 308 g/mol. The molecule has 2 aliphatic heterocycles. The van der Waals surface area contributed by atoms with Gasteiger partial charge in [0.25, 0.3) is 11.8 Å². The van der Waals surface area contributed by atoms with E-state index in [1.54, 1.807) is 12.1 Å². The van der Waals surface area contributed by atoms with Gasteiger partial charge in [0.2, 0.25) is 5.91 Å². The number of hydrogen-bond acceptors (Lipinski definition) is 5. The van der Waals surface area contributed by atoms with E-state index in [2.05, 4.69) is 0 Å². The lowest BCUT2D eigenvalue weighted by atomic mass is 10.1. The van der Waals surface area contributed by atoms with Crippen molar-refractivity contribution in [3.63, 3.8) is 0 Å². The molecule has 2 aliphatic rings. The summed E-state index contributed by atoms with van der Waals surface area (Å²) in [6, 6.07) is 5.45. The summed E-state index contributed by atoms with van der Waals surface area (Å²) in [4.78, 5) is 49.8. The summed E-state index contributed by atoms with van der Waals surface area (Å²) in [5, 5.41) is 9.08. The molecule has 1 aromatic carbocycles. The normalized spacial score (nSPS) is 20.5. The van der Waals surface area contributed by atoms with Crippen molar-refractivity contribution in [1.29, 1.82) is 0 Å². The van der Waals surface area contributed by atoms with Crippen LogP contribution < -0.4 is 0 Å². The van der Waals surface area contributed by atoms with Crippen LogP contribution in [-0.4, -0.2) is 62.8 Å². The Morgan fingerprint density at radius 1 is 1.18 bits per heavy atom. The minimum atomic E-state index is -1.08. The molecule has 8 heteroatoms. The van der Waals surface area contributed by atoms with Gasteiger partial charge in [-0.05, 0) is 12.1 Å². The predicted octanol–water partition coefficient (Wildman–Crippen LogP) is 0.269. The first-order valence-corrected chi connectivity index (χ1v) is 7.71. The molecule has 0 unspecified atom stereocenters. The average Bonchev–Trinajstić information content (AvgIpc) is 3.08. The van der Waals surface area contributed by atoms with Gasteiger partial charge in [-0.1, -0.05) is 12.1 Å². The number of carboxylic acid groups (broad SMARTS) is 1. The molecule has 0 saturated carbocycles. The smallest absolute Gasteiger partial charge is 0.327 e. The fourth-order valence-corrected chi connectivity index (χ4v) is 3.67. The number of thioether (sulfide) groups is 1. The fraction of sp³-hybridized carbons (Fsp3) is 0.286. The first-order chi connectivity index (χ1) is 10.5. The van der Waals surface area contributed by atoms with Crippen LogP contribution in [0.15, 0.2) is 24.3 Å². The number of benzene rings is 1. The van der Waals surface area contributed by atoms with E-state index < -0.39 is 36.3 Å². The van der Waals surface area contributed by atoms with Gasteiger partial charge in [0, 0.05) is 5.75 Å². The highest BCUT2D eigenvalue weighted by molar-refractivity contribution is 7.99. The second-order valence-electron chi connectivity index (χ2n) is 4.96. The van der Waals surface area contributed by atoms with Crippen LogP contribution >= 0.6 is 11.8 Å². The van der Waals surface area contributed by atoms with Crippen LogP contribution in [0.1, 0.15) is 20.7 Å². The molecule has 22 heavy (non-hydrogen) atoms. The van der Waals surface area contributed by atoms with Gasteiger partial charge in [0.1, 0.15) is 12.6 Å². The number of carboxylic acids is 1. The molecule has 3 rings (SSSR count). The third-order valence-corrected chi connectivity index (χ3v) is 4.67. The lowest BCUT2D eigenvalue weighted by Crippen LogP contribution is -2.47. The summed E-state index contributed by atoms with van der Waals surface area (Å²) < 4.78 is 0. The van der Waals surface area contributed by atoms with E-state index >= 15 is 0 Å². The number of carbonyl (C=O) groups is 4. The molecule has 3 amide bonds. The maximum Gasteiger partial charge on any atom is 0.327 e. The molecule has 114 valence electrons. The maximum atomic E-state index is 12.3. The minimum absolute atomic E-state index is 0.249. The van der Waals surface area contributed by atoms with Gasteiger partial charge < -0.3 is 10.0 Å². The Hall–Kier alpha value is -2.35. The van der Waals surface area contributed by atoms with Crippen molar-refractivity contribution >= 4 is 35.5 Å². The van der Waals surface area contributed by atoms with E-state index in [1.165, 1.54) is 28.8 Å². The number of nitrogens with zero attached hydrogens (tertiary/aromatic N) is 2. The third kappa shape index (κ3) is 2.25. The lowest BCUT2D eigenvalue weighted by Gasteiger charge is -2.23. The Bertz CT molecular complexity index is 655. The van der Waals surface area contributed by atoms with E-state index in [4.69, 9.17) is 5.11 Å². The van der Waals surface area contributed by atoms with Gasteiger partial charge in [-0.2, -0.15) is 0 Å². The highest BCUT2D eigenvalue weighted by Gasteiger charge is 2.40. The van der Waals surface area contributed by atoms with Crippen LogP contribution in [0, 0.1) is 0 Å². The molecule has 0 spiro atoms. The highest BCUT2D eigenvalue weighted by atomic mass is 32.2. The molecule has 1 aromatic rings. The lowest BCUT2D eigenvalue weighted by molar-refractivity contribution is -0.147. The van der Waals surface area contributed by atoms with Crippen LogP contribution in [-0.2, 0) is 9.59 Å². The summed E-state index contributed by atoms with van der Waals surface area (Å²) in [6.45, 7) is -0.434.